The van der Waals surface area contributed by atoms with Crippen LogP contribution in [0.15, 0.2) is 30.5 Å². The number of H-pyrrole nitrogens is 1. The van der Waals surface area contributed by atoms with Crippen LogP contribution in [0.4, 0.5) is 5.69 Å². The largest absolute Gasteiger partial charge is 0.385 e. The number of anilines is 1. The highest BCUT2D eigenvalue weighted by Crippen LogP contribution is 2.18. The predicted octanol–water partition coefficient (Wildman–Crippen LogP) is 2.81. The van der Waals surface area contributed by atoms with Gasteiger partial charge in [-0.2, -0.15) is 0 Å². The minimum Gasteiger partial charge on any atom is -0.385 e. The van der Waals surface area contributed by atoms with E-state index in [0.29, 0.717) is 11.8 Å². The molecule has 0 saturated carbocycles. The van der Waals surface area contributed by atoms with Crippen LogP contribution in [0.5, 0.6) is 0 Å². The second-order valence-corrected chi connectivity index (χ2v) is 4.90. The number of aromatic amines is 1. The predicted molar refractivity (Wildman–Crippen MR) is 74.2 cm³/mol. The molecule has 1 aromatic carbocycles. The molecule has 0 amide bonds. The van der Waals surface area contributed by atoms with E-state index in [2.05, 4.69) is 48.4 Å². The molecule has 0 fully saturated rings. The summed E-state index contributed by atoms with van der Waals surface area (Å²) in [6.45, 7) is 6.10. The van der Waals surface area contributed by atoms with Crippen LogP contribution in [0.25, 0.3) is 10.9 Å². The Hall–Kier alpha value is -1.48. The summed E-state index contributed by atoms with van der Waals surface area (Å²) in [4.78, 5) is 3.19. The van der Waals surface area contributed by atoms with Gasteiger partial charge in [-0.3, -0.25) is 0 Å². The molecular formula is C14H21N3. The van der Waals surface area contributed by atoms with Gasteiger partial charge in [-0.15, -0.1) is 0 Å². The molecule has 0 aliphatic rings. The molecule has 1 heterocycles. The molecule has 4 N–H and O–H groups in total. The van der Waals surface area contributed by atoms with E-state index in [-0.39, 0.29) is 0 Å². The van der Waals surface area contributed by atoms with Crippen molar-refractivity contribution in [2.45, 2.75) is 13.8 Å². The molecule has 0 radical (unpaired) electrons. The van der Waals surface area contributed by atoms with E-state index in [1.807, 2.05) is 6.20 Å². The number of nitrogens with one attached hydrogen (secondary N) is 2. The van der Waals surface area contributed by atoms with Crippen LogP contribution in [0.1, 0.15) is 13.8 Å². The molecule has 0 aliphatic carbocycles. The molecule has 1 aromatic heterocycles. The molecule has 2 aromatic rings. The monoisotopic (exact) mass is 231 g/mol. The molecule has 3 nitrogen and oxygen atoms in total. The Labute approximate surface area is 102 Å². The number of rotatable bonds is 5. The van der Waals surface area contributed by atoms with Gasteiger partial charge in [0.2, 0.25) is 0 Å². The van der Waals surface area contributed by atoms with Crippen LogP contribution in [-0.4, -0.2) is 18.1 Å². The highest BCUT2D eigenvalue weighted by molar-refractivity contribution is 5.82. The molecule has 3 heteroatoms. The van der Waals surface area contributed by atoms with Crippen molar-refractivity contribution in [3.05, 3.63) is 30.5 Å². The van der Waals surface area contributed by atoms with E-state index in [9.17, 15) is 0 Å². The Morgan fingerprint density at radius 1 is 1.29 bits per heavy atom. The smallest absolute Gasteiger partial charge is 0.0455 e. The van der Waals surface area contributed by atoms with Gasteiger partial charge in [0.15, 0.2) is 0 Å². The molecule has 92 valence electrons. The fraction of sp³-hybridized carbons (Fsp3) is 0.429. The van der Waals surface area contributed by atoms with Gasteiger partial charge in [0.1, 0.15) is 0 Å². The second-order valence-electron chi connectivity index (χ2n) is 4.90. The van der Waals surface area contributed by atoms with Crippen LogP contribution in [0, 0.1) is 11.8 Å². The number of benzene rings is 1. The lowest BCUT2D eigenvalue weighted by atomic mass is 9.96. The first kappa shape index (κ1) is 12.0. The van der Waals surface area contributed by atoms with E-state index < -0.39 is 0 Å². The van der Waals surface area contributed by atoms with Crippen molar-refractivity contribution in [3.8, 4) is 0 Å². The zero-order valence-electron chi connectivity index (χ0n) is 10.5. The van der Waals surface area contributed by atoms with Gasteiger partial charge in [0.25, 0.3) is 0 Å². The van der Waals surface area contributed by atoms with Crippen LogP contribution in [0.3, 0.4) is 0 Å². The third-order valence-electron chi connectivity index (χ3n) is 3.37. The maximum absolute atomic E-state index is 5.77. The van der Waals surface area contributed by atoms with Gasteiger partial charge in [0, 0.05) is 29.3 Å². The van der Waals surface area contributed by atoms with Crippen molar-refractivity contribution >= 4 is 16.6 Å². The number of nitrogens with two attached hydrogens (primary N) is 1. The Kier molecular flexibility index (Phi) is 3.69. The molecule has 2 rings (SSSR count). The lowest BCUT2D eigenvalue weighted by Crippen LogP contribution is -2.27. The first-order chi connectivity index (χ1) is 8.20. The summed E-state index contributed by atoms with van der Waals surface area (Å²) >= 11 is 0. The van der Waals surface area contributed by atoms with Crippen molar-refractivity contribution in [2.75, 3.05) is 18.4 Å². The Balaban J connectivity index is 2.02. The summed E-state index contributed by atoms with van der Waals surface area (Å²) in [5.74, 6) is 1.14. The summed E-state index contributed by atoms with van der Waals surface area (Å²) in [7, 11) is 0. The second kappa shape index (κ2) is 5.23. The minimum atomic E-state index is 0.525. The number of hydrogen-bond acceptors (Lipinski definition) is 2. The van der Waals surface area contributed by atoms with Gasteiger partial charge in [-0.05, 0) is 42.6 Å². The highest BCUT2D eigenvalue weighted by Gasteiger charge is 2.10. The van der Waals surface area contributed by atoms with E-state index in [4.69, 9.17) is 5.73 Å². The lowest BCUT2D eigenvalue weighted by Gasteiger charge is -2.19. The minimum absolute atomic E-state index is 0.525. The first-order valence-corrected chi connectivity index (χ1v) is 6.22. The Morgan fingerprint density at radius 3 is 2.82 bits per heavy atom. The fourth-order valence-electron chi connectivity index (χ4n) is 2.00. The number of hydrogen-bond donors (Lipinski definition) is 3. The summed E-state index contributed by atoms with van der Waals surface area (Å²) < 4.78 is 0. The van der Waals surface area contributed by atoms with Crippen molar-refractivity contribution in [1.82, 2.24) is 4.98 Å². The molecule has 0 spiro atoms. The van der Waals surface area contributed by atoms with E-state index in [0.717, 1.165) is 18.8 Å². The zero-order chi connectivity index (χ0) is 12.3. The molecule has 0 aliphatic heterocycles. The third kappa shape index (κ3) is 2.80. The van der Waals surface area contributed by atoms with Crippen molar-refractivity contribution in [2.24, 2.45) is 17.6 Å². The standard InChI is InChI=1S/C14H21N3/c1-10(2)12(8-15)9-17-13-3-4-14-11(7-13)5-6-16-14/h3-7,10,12,16-17H,8-9,15H2,1-2H3. The fourth-order valence-corrected chi connectivity index (χ4v) is 2.00. The SMILES string of the molecule is CC(C)C(CN)CNc1ccc2[nH]ccc2c1. The average Bonchev–Trinajstić information content (AvgIpc) is 2.76. The summed E-state index contributed by atoms with van der Waals surface area (Å²) in [6.07, 6.45) is 1.96. The van der Waals surface area contributed by atoms with Gasteiger partial charge in [-0.25, -0.2) is 0 Å². The van der Waals surface area contributed by atoms with Gasteiger partial charge in [-0.1, -0.05) is 13.8 Å². The summed E-state index contributed by atoms with van der Waals surface area (Å²) in [5.41, 5.74) is 8.11. The quantitative estimate of drug-likeness (QED) is 0.741. The zero-order valence-corrected chi connectivity index (χ0v) is 10.5. The number of aromatic nitrogens is 1. The van der Waals surface area contributed by atoms with Crippen LogP contribution < -0.4 is 11.1 Å². The van der Waals surface area contributed by atoms with Crippen LogP contribution >= 0.6 is 0 Å². The van der Waals surface area contributed by atoms with E-state index in [1.165, 1.54) is 10.9 Å². The molecule has 0 bridgehead atoms. The van der Waals surface area contributed by atoms with Crippen LogP contribution in [0.2, 0.25) is 0 Å². The van der Waals surface area contributed by atoms with Crippen molar-refractivity contribution < 1.29 is 0 Å². The van der Waals surface area contributed by atoms with E-state index in [1.54, 1.807) is 0 Å². The maximum atomic E-state index is 5.77. The average molecular weight is 231 g/mol. The highest BCUT2D eigenvalue weighted by atomic mass is 14.9. The third-order valence-corrected chi connectivity index (χ3v) is 3.37. The topological polar surface area (TPSA) is 53.8 Å². The van der Waals surface area contributed by atoms with Gasteiger partial charge < -0.3 is 16.0 Å². The van der Waals surface area contributed by atoms with Gasteiger partial charge in [0.05, 0.1) is 0 Å². The number of fused-ring (bicyclic) bond motifs is 1. The maximum Gasteiger partial charge on any atom is 0.0455 e. The lowest BCUT2D eigenvalue weighted by molar-refractivity contribution is 0.413. The molecule has 1 atom stereocenters. The summed E-state index contributed by atoms with van der Waals surface area (Å²) in [5, 5.41) is 4.70. The Morgan fingerprint density at radius 2 is 2.12 bits per heavy atom. The van der Waals surface area contributed by atoms with Crippen LogP contribution in [-0.2, 0) is 0 Å². The van der Waals surface area contributed by atoms with Crippen molar-refractivity contribution in [1.29, 1.82) is 0 Å². The molecule has 17 heavy (non-hydrogen) atoms. The summed E-state index contributed by atoms with van der Waals surface area (Å²) in [6, 6.07) is 8.46. The molecule has 1 unspecified atom stereocenters. The normalized spacial score (nSPS) is 13.2. The van der Waals surface area contributed by atoms with Crippen molar-refractivity contribution in [3.63, 3.8) is 0 Å². The molecular weight excluding hydrogens is 210 g/mol. The van der Waals surface area contributed by atoms with E-state index >= 15 is 0 Å². The Bertz CT molecular complexity index is 473. The van der Waals surface area contributed by atoms with Gasteiger partial charge >= 0.3 is 0 Å². The molecule has 0 saturated heterocycles. The first-order valence-electron chi connectivity index (χ1n) is 6.22.